The summed E-state index contributed by atoms with van der Waals surface area (Å²) in [5, 5.41) is 17.8. The zero-order valence-corrected chi connectivity index (χ0v) is 15.3. The second-order valence-electron chi connectivity index (χ2n) is 5.72. The number of hydrogen-bond acceptors (Lipinski definition) is 2. The Balaban J connectivity index is 3.60. The van der Waals surface area contributed by atoms with Crippen LogP contribution in [0.4, 0.5) is 0 Å². The third-order valence-corrected chi connectivity index (χ3v) is 3.50. The fourth-order valence-corrected chi connectivity index (χ4v) is 2.03. The van der Waals surface area contributed by atoms with Gasteiger partial charge in [0.25, 0.3) is 0 Å². The quantitative estimate of drug-likeness (QED) is 0.248. The minimum Gasteiger partial charge on any atom is -0.478 e. The van der Waals surface area contributed by atoms with Gasteiger partial charge in [0.1, 0.15) is 0 Å². The maximum Gasteiger partial charge on any atom is 0.328 e. The Morgan fingerprint density at radius 2 is 1.32 bits per heavy atom. The van der Waals surface area contributed by atoms with Crippen molar-refractivity contribution in [1.29, 1.82) is 0 Å². The van der Waals surface area contributed by atoms with E-state index in [1.807, 2.05) is 43.4 Å². The molecule has 0 aliphatic carbocycles. The van der Waals surface area contributed by atoms with Gasteiger partial charge < -0.3 is 10.2 Å². The Kier molecular flexibility index (Phi) is 16.7. The first-order valence-electron chi connectivity index (χ1n) is 9.07. The summed E-state index contributed by atoms with van der Waals surface area (Å²) in [4.78, 5) is 10.2. The molecular weight excluding hydrogens is 312 g/mol. The lowest BCUT2D eigenvalue weighted by Gasteiger charge is -2.06. The average molecular weight is 344 g/mol. The lowest BCUT2D eigenvalue weighted by molar-refractivity contribution is -0.131. The van der Waals surface area contributed by atoms with Gasteiger partial charge in [-0.2, -0.15) is 0 Å². The Morgan fingerprint density at radius 1 is 0.800 bits per heavy atom. The number of aliphatic carboxylic acids is 1. The molecule has 0 aromatic rings. The fraction of sp³-hybridized carbons (Fsp3) is 0.409. The van der Waals surface area contributed by atoms with Gasteiger partial charge in [0, 0.05) is 6.08 Å². The molecule has 0 aromatic carbocycles. The van der Waals surface area contributed by atoms with E-state index >= 15 is 0 Å². The molecule has 138 valence electrons. The Morgan fingerprint density at radius 3 is 1.88 bits per heavy atom. The Labute approximate surface area is 152 Å². The summed E-state index contributed by atoms with van der Waals surface area (Å²) in [7, 11) is 0. The van der Waals surface area contributed by atoms with Gasteiger partial charge in [-0.3, -0.25) is 0 Å². The molecule has 0 fully saturated rings. The van der Waals surface area contributed by atoms with Crippen LogP contribution in [0.1, 0.15) is 51.9 Å². The number of carbonyl (C=O) groups is 1. The van der Waals surface area contributed by atoms with Crippen molar-refractivity contribution in [3.05, 3.63) is 72.9 Å². The van der Waals surface area contributed by atoms with Gasteiger partial charge in [0.2, 0.25) is 0 Å². The number of carboxylic acids is 1. The summed E-state index contributed by atoms with van der Waals surface area (Å²) >= 11 is 0. The second-order valence-corrected chi connectivity index (χ2v) is 5.72. The molecule has 0 aliphatic heterocycles. The number of allylic oxidation sites excluding steroid dienone is 11. The van der Waals surface area contributed by atoms with Crippen LogP contribution in [0.3, 0.4) is 0 Å². The van der Waals surface area contributed by atoms with Gasteiger partial charge >= 0.3 is 5.97 Å². The molecule has 3 nitrogen and oxygen atoms in total. The van der Waals surface area contributed by atoms with Crippen LogP contribution < -0.4 is 0 Å². The van der Waals surface area contributed by atoms with Crippen LogP contribution >= 0.6 is 0 Å². The molecule has 0 saturated carbocycles. The molecule has 0 spiro atoms. The number of aliphatic hydroxyl groups is 1. The molecule has 0 aromatic heterocycles. The molecule has 1 atom stereocenters. The predicted molar refractivity (Wildman–Crippen MR) is 106 cm³/mol. The van der Waals surface area contributed by atoms with Crippen molar-refractivity contribution in [2.75, 3.05) is 0 Å². The molecule has 2 N–H and O–H groups in total. The number of hydrogen-bond donors (Lipinski definition) is 2. The van der Waals surface area contributed by atoms with Crippen LogP contribution in [0.2, 0.25) is 0 Å². The molecule has 0 heterocycles. The van der Waals surface area contributed by atoms with Crippen molar-refractivity contribution in [2.24, 2.45) is 0 Å². The highest BCUT2D eigenvalue weighted by molar-refractivity contribution is 5.80. The number of rotatable bonds is 14. The third kappa shape index (κ3) is 19.8. The summed E-state index contributed by atoms with van der Waals surface area (Å²) in [5.74, 6) is -0.946. The van der Waals surface area contributed by atoms with Crippen LogP contribution in [0, 0.1) is 0 Å². The second kappa shape index (κ2) is 18.2. The monoisotopic (exact) mass is 344 g/mol. The van der Waals surface area contributed by atoms with Crippen LogP contribution in [0.5, 0.6) is 0 Å². The minimum atomic E-state index is -0.946. The van der Waals surface area contributed by atoms with E-state index in [0.29, 0.717) is 0 Å². The van der Waals surface area contributed by atoms with Crippen molar-refractivity contribution >= 4 is 5.97 Å². The number of unbranched alkanes of at least 4 members (excludes halogenated alkanes) is 4. The first-order valence-corrected chi connectivity index (χ1v) is 9.07. The van der Waals surface area contributed by atoms with Crippen molar-refractivity contribution in [2.45, 2.75) is 58.0 Å². The van der Waals surface area contributed by atoms with Gasteiger partial charge in [-0.15, -0.1) is 0 Å². The predicted octanol–water partition coefficient (Wildman–Crippen LogP) is 5.52. The molecule has 0 radical (unpaired) electrons. The van der Waals surface area contributed by atoms with Gasteiger partial charge in [0.15, 0.2) is 0 Å². The van der Waals surface area contributed by atoms with E-state index in [1.165, 1.54) is 25.3 Å². The van der Waals surface area contributed by atoms with Gasteiger partial charge in [-0.25, -0.2) is 4.79 Å². The van der Waals surface area contributed by atoms with Crippen molar-refractivity contribution in [3.8, 4) is 0 Å². The average Bonchev–Trinajstić information content (AvgIpc) is 2.60. The number of aliphatic hydroxyl groups excluding tert-OH is 1. The van der Waals surface area contributed by atoms with Gasteiger partial charge in [-0.05, 0) is 25.7 Å². The molecule has 0 unspecified atom stereocenters. The van der Waals surface area contributed by atoms with E-state index in [4.69, 9.17) is 5.11 Å². The molecule has 0 bridgehead atoms. The van der Waals surface area contributed by atoms with Crippen LogP contribution in [-0.4, -0.2) is 22.3 Å². The van der Waals surface area contributed by atoms with Gasteiger partial charge in [-0.1, -0.05) is 93.0 Å². The topological polar surface area (TPSA) is 57.5 Å². The highest BCUT2D eigenvalue weighted by Gasteiger charge is 1.98. The molecule has 3 heteroatoms. The highest BCUT2D eigenvalue weighted by atomic mass is 16.4. The van der Waals surface area contributed by atoms with Crippen LogP contribution in [-0.2, 0) is 4.79 Å². The van der Waals surface area contributed by atoms with Crippen molar-refractivity contribution in [3.63, 3.8) is 0 Å². The summed E-state index contributed by atoms with van der Waals surface area (Å²) in [6, 6.07) is 0. The Bertz CT molecular complexity index is 493. The van der Waals surface area contributed by atoms with E-state index in [0.717, 1.165) is 31.8 Å². The van der Waals surface area contributed by atoms with E-state index in [1.54, 1.807) is 12.2 Å². The van der Waals surface area contributed by atoms with Gasteiger partial charge in [0.05, 0.1) is 6.10 Å². The molecule has 0 saturated heterocycles. The summed E-state index contributed by atoms with van der Waals surface area (Å²) in [6.45, 7) is 2.02. The number of carboxylic acid groups (broad SMARTS) is 1. The molecule has 0 rings (SSSR count). The van der Waals surface area contributed by atoms with E-state index in [-0.39, 0.29) is 6.10 Å². The largest absolute Gasteiger partial charge is 0.478 e. The summed E-state index contributed by atoms with van der Waals surface area (Å²) in [5.41, 5.74) is 0. The van der Waals surface area contributed by atoms with Crippen LogP contribution in [0.15, 0.2) is 72.9 Å². The third-order valence-electron chi connectivity index (χ3n) is 3.50. The Hall–Kier alpha value is -2.13. The van der Waals surface area contributed by atoms with Crippen molar-refractivity contribution in [1.82, 2.24) is 0 Å². The SMILES string of the molecule is CC[C@H](O)CCCCCCC=CC=CC=CC=CC=CC=CC(=O)O. The first-order chi connectivity index (χ1) is 12.2. The summed E-state index contributed by atoms with van der Waals surface area (Å²) < 4.78 is 0. The first kappa shape index (κ1) is 22.9. The molecule has 0 amide bonds. The van der Waals surface area contributed by atoms with E-state index < -0.39 is 5.97 Å². The lowest BCUT2D eigenvalue weighted by atomic mass is 10.1. The molecular formula is C22H32O3. The zero-order valence-electron chi connectivity index (χ0n) is 15.3. The van der Waals surface area contributed by atoms with E-state index in [2.05, 4.69) is 12.2 Å². The summed E-state index contributed by atoms with van der Waals surface area (Å²) in [6.07, 6.45) is 29.4. The standard InChI is InChI=1S/C22H32O3/c1-2-21(23)19-17-15-13-11-9-7-5-3-4-6-8-10-12-14-16-18-20-22(24)25/h3-8,10,12,14,16,18,20-21,23H,2,9,11,13,15,17,19H2,1H3,(H,24,25)/t21-/m0/s1. The fourth-order valence-electron chi connectivity index (χ4n) is 2.03. The highest BCUT2D eigenvalue weighted by Crippen LogP contribution is 2.09. The van der Waals surface area contributed by atoms with Crippen molar-refractivity contribution < 1.29 is 15.0 Å². The molecule has 0 aliphatic rings. The maximum atomic E-state index is 10.2. The normalized spacial score (nSPS) is 14.3. The van der Waals surface area contributed by atoms with Crippen LogP contribution in [0.25, 0.3) is 0 Å². The minimum absolute atomic E-state index is 0.113. The van der Waals surface area contributed by atoms with E-state index in [9.17, 15) is 9.90 Å². The maximum absolute atomic E-state index is 10.2. The lowest BCUT2D eigenvalue weighted by Crippen LogP contribution is -2.03. The smallest absolute Gasteiger partial charge is 0.328 e. The zero-order chi connectivity index (χ0) is 18.6. The molecule has 25 heavy (non-hydrogen) atoms.